The van der Waals surface area contributed by atoms with E-state index >= 15 is 0 Å². The van der Waals surface area contributed by atoms with Crippen LogP contribution in [0.25, 0.3) is 0 Å². The average molecular weight is 244 g/mol. The van der Waals surface area contributed by atoms with E-state index in [4.69, 9.17) is 5.73 Å². The van der Waals surface area contributed by atoms with Gasteiger partial charge in [0.05, 0.1) is 0 Å². The molecule has 1 atom stereocenters. The van der Waals surface area contributed by atoms with Crippen LogP contribution in [0.5, 0.6) is 0 Å². The van der Waals surface area contributed by atoms with E-state index < -0.39 is 6.43 Å². The van der Waals surface area contributed by atoms with Crippen LogP contribution in [0, 0.1) is 5.92 Å². The number of nitrogens with two attached hydrogens (primary N) is 1. The molecular weight excluding hydrogens is 222 g/mol. The first kappa shape index (κ1) is 15.8. The van der Waals surface area contributed by atoms with Crippen molar-refractivity contribution < 1.29 is 8.78 Å². The van der Waals surface area contributed by atoms with Gasteiger partial charge in [-0.1, -0.05) is 33.8 Å². The maximum absolute atomic E-state index is 12.4. The molecule has 0 saturated heterocycles. The zero-order chi connectivity index (χ0) is 13.4. The summed E-state index contributed by atoms with van der Waals surface area (Å²) in [6.45, 7) is 7.83. The van der Waals surface area contributed by atoms with Crippen LogP contribution in [0.15, 0.2) is 18.3 Å². The van der Waals surface area contributed by atoms with Crippen molar-refractivity contribution in [2.75, 3.05) is 5.73 Å². The highest BCUT2D eigenvalue weighted by atomic mass is 19.3. The van der Waals surface area contributed by atoms with Crippen LogP contribution in [0.1, 0.15) is 45.6 Å². The zero-order valence-electron chi connectivity index (χ0n) is 11.0. The van der Waals surface area contributed by atoms with Crippen molar-refractivity contribution in [1.82, 2.24) is 4.98 Å². The third kappa shape index (κ3) is 5.11. The molecule has 1 aromatic rings. The standard InChI is InChI=1S/C11H16F2N2.C2H6/c1-7(2)9(6-10(12)13)8-4-3-5-15-11(8)14;1-2/h3-5,7,9-10H,6H2,1-2H3,(H2,14,15);1-2H3. The third-order valence-electron chi connectivity index (χ3n) is 2.51. The molecule has 0 radical (unpaired) electrons. The number of aromatic nitrogens is 1. The number of hydrogen-bond donors (Lipinski definition) is 1. The molecule has 17 heavy (non-hydrogen) atoms. The summed E-state index contributed by atoms with van der Waals surface area (Å²) in [4.78, 5) is 3.92. The molecular formula is C13H22F2N2. The van der Waals surface area contributed by atoms with Crippen molar-refractivity contribution in [2.24, 2.45) is 5.92 Å². The van der Waals surface area contributed by atoms with Crippen LogP contribution in [0.3, 0.4) is 0 Å². The minimum atomic E-state index is -2.31. The summed E-state index contributed by atoms with van der Waals surface area (Å²) in [6, 6.07) is 3.50. The van der Waals surface area contributed by atoms with Crippen LogP contribution in [-0.4, -0.2) is 11.4 Å². The van der Waals surface area contributed by atoms with Crippen molar-refractivity contribution in [3.63, 3.8) is 0 Å². The van der Waals surface area contributed by atoms with Gasteiger partial charge in [-0.15, -0.1) is 0 Å². The van der Waals surface area contributed by atoms with Gasteiger partial charge < -0.3 is 5.73 Å². The van der Waals surface area contributed by atoms with E-state index in [0.29, 0.717) is 5.82 Å². The van der Waals surface area contributed by atoms with Crippen molar-refractivity contribution >= 4 is 5.82 Å². The number of hydrogen-bond acceptors (Lipinski definition) is 2. The van der Waals surface area contributed by atoms with Crippen molar-refractivity contribution in [3.8, 4) is 0 Å². The molecule has 98 valence electrons. The van der Waals surface area contributed by atoms with Crippen LogP contribution in [0.4, 0.5) is 14.6 Å². The monoisotopic (exact) mass is 244 g/mol. The first-order valence-corrected chi connectivity index (χ1v) is 6.01. The lowest BCUT2D eigenvalue weighted by Crippen LogP contribution is -2.13. The first-order chi connectivity index (χ1) is 8.02. The van der Waals surface area contributed by atoms with E-state index in [-0.39, 0.29) is 18.3 Å². The van der Waals surface area contributed by atoms with E-state index in [9.17, 15) is 8.78 Å². The molecule has 0 aliphatic carbocycles. The van der Waals surface area contributed by atoms with Crippen molar-refractivity contribution in [1.29, 1.82) is 0 Å². The normalized spacial score (nSPS) is 12.2. The molecule has 2 nitrogen and oxygen atoms in total. The van der Waals surface area contributed by atoms with E-state index in [2.05, 4.69) is 4.98 Å². The van der Waals surface area contributed by atoms with Crippen LogP contribution >= 0.6 is 0 Å². The van der Waals surface area contributed by atoms with Gasteiger partial charge >= 0.3 is 0 Å². The third-order valence-corrected chi connectivity index (χ3v) is 2.51. The molecule has 1 heterocycles. The highest BCUT2D eigenvalue weighted by Gasteiger charge is 2.22. The molecule has 1 aromatic heterocycles. The zero-order valence-corrected chi connectivity index (χ0v) is 11.0. The lowest BCUT2D eigenvalue weighted by molar-refractivity contribution is 0.120. The molecule has 1 unspecified atom stereocenters. The second-order valence-corrected chi connectivity index (χ2v) is 3.96. The largest absolute Gasteiger partial charge is 0.383 e. The van der Waals surface area contributed by atoms with Gasteiger partial charge in [0.1, 0.15) is 5.82 Å². The Balaban J connectivity index is 0.00000121. The SMILES string of the molecule is CC.CC(C)C(CC(F)F)c1cccnc1N. The number of nitrogen functional groups attached to an aromatic ring is 1. The summed E-state index contributed by atoms with van der Waals surface area (Å²) < 4.78 is 24.8. The predicted octanol–water partition coefficient (Wildman–Crippen LogP) is 4.08. The summed E-state index contributed by atoms with van der Waals surface area (Å²) in [5, 5.41) is 0. The van der Waals surface area contributed by atoms with Gasteiger partial charge in [0.25, 0.3) is 0 Å². The molecule has 1 rings (SSSR count). The number of anilines is 1. The Labute approximate surface area is 102 Å². The van der Waals surface area contributed by atoms with Gasteiger partial charge in [0, 0.05) is 12.6 Å². The maximum Gasteiger partial charge on any atom is 0.239 e. The molecule has 0 amide bonds. The number of nitrogens with zero attached hydrogens (tertiary/aromatic N) is 1. The van der Waals surface area contributed by atoms with Crippen molar-refractivity contribution in [3.05, 3.63) is 23.9 Å². The molecule has 0 aliphatic heterocycles. The average Bonchev–Trinajstić information content (AvgIpc) is 2.29. The molecule has 0 aromatic carbocycles. The van der Waals surface area contributed by atoms with E-state index in [1.54, 1.807) is 18.3 Å². The Hall–Kier alpha value is -1.19. The lowest BCUT2D eigenvalue weighted by Gasteiger charge is -2.21. The predicted molar refractivity (Wildman–Crippen MR) is 68.2 cm³/mol. The highest BCUT2D eigenvalue weighted by Crippen LogP contribution is 2.32. The molecule has 2 N–H and O–H groups in total. The summed E-state index contributed by atoms with van der Waals surface area (Å²) in [5.74, 6) is 0.265. The Bertz CT molecular complexity index is 314. The maximum atomic E-state index is 12.4. The lowest BCUT2D eigenvalue weighted by atomic mass is 9.86. The van der Waals surface area contributed by atoms with Crippen LogP contribution in [0.2, 0.25) is 0 Å². The summed E-state index contributed by atoms with van der Waals surface area (Å²) >= 11 is 0. The second-order valence-electron chi connectivity index (χ2n) is 3.96. The Morgan fingerprint density at radius 2 is 1.88 bits per heavy atom. The molecule has 0 spiro atoms. The van der Waals surface area contributed by atoms with E-state index in [1.807, 2.05) is 27.7 Å². The van der Waals surface area contributed by atoms with Gasteiger partial charge in [0.15, 0.2) is 0 Å². The molecule has 0 aliphatic rings. The second kappa shape index (κ2) is 7.98. The fourth-order valence-electron chi connectivity index (χ4n) is 1.69. The summed E-state index contributed by atoms with van der Waals surface area (Å²) in [6.07, 6.45) is -0.899. The number of rotatable bonds is 4. The minimum absolute atomic E-state index is 0.130. The van der Waals surface area contributed by atoms with E-state index in [0.717, 1.165) is 5.56 Å². The van der Waals surface area contributed by atoms with Gasteiger partial charge in [-0.2, -0.15) is 0 Å². The van der Waals surface area contributed by atoms with Crippen molar-refractivity contribution in [2.45, 2.75) is 46.5 Å². The first-order valence-electron chi connectivity index (χ1n) is 6.01. The number of alkyl halides is 2. The summed E-state index contributed by atoms with van der Waals surface area (Å²) in [7, 11) is 0. The Morgan fingerprint density at radius 3 is 2.29 bits per heavy atom. The molecule has 0 fully saturated rings. The highest BCUT2D eigenvalue weighted by molar-refractivity contribution is 5.41. The quantitative estimate of drug-likeness (QED) is 0.866. The topological polar surface area (TPSA) is 38.9 Å². The molecule has 0 saturated carbocycles. The minimum Gasteiger partial charge on any atom is -0.383 e. The fraction of sp³-hybridized carbons (Fsp3) is 0.615. The Kier molecular flexibility index (Phi) is 7.42. The van der Waals surface area contributed by atoms with Crippen LogP contribution in [-0.2, 0) is 0 Å². The van der Waals surface area contributed by atoms with Crippen LogP contribution < -0.4 is 5.73 Å². The number of halogens is 2. The molecule has 0 bridgehead atoms. The summed E-state index contributed by atoms with van der Waals surface area (Å²) in [5.41, 5.74) is 6.41. The van der Waals surface area contributed by atoms with E-state index in [1.165, 1.54) is 0 Å². The Morgan fingerprint density at radius 1 is 1.29 bits per heavy atom. The number of pyridine rings is 1. The van der Waals surface area contributed by atoms with Gasteiger partial charge in [-0.25, -0.2) is 13.8 Å². The van der Waals surface area contributed by atoms with Gasteiger partial charge in [-0.05, 0) is 23.5 Å². The van der Waals surface area contributed by atoms with Gasteiger partial charge in [0.2, 0.25) is 6.43 Å². The smallest absolute Gasteiger partial charge is 0.239 e. The molecule has 4 heteroatoms. The van der Waals surface area contributed by atoms with Gasteiger partial charge in [-0.3, -0.25) is 0 Å². The fourth-order valence-corrected chi connectivity index (χ4v) is 1.69.